The minimum absolute atomic E-state index is 0.00306. The first-order valence-corrected chi connectivity index (χ1v) is 16.7. The van der Waals surface area contributed by atoms with Crippen molar-refractivity contribution in [3.05, 3.63) is 89.9 Å². The first-order chi connectivity index (χ1) is 24.8. The zero-order valence-corrected chi connectivity index (χ0v) is 29.3. The summed E-state index contributed by atoms with van der Waals surface area (Å²) in [6, 6.07) is 17.4. The van der Waals surface area contributed by atoms with E-state index in [9.17, 15) is 9.59 Å². The summed E-state index contributed by atoms with van der Waals surface area (Å²) in [6.07, 6.45) is 1.75. The Morgan fingerprint density at radius 3 is 2.33 bits per heavy atom. The van der Waals surface area contributed by atoms with Crippen LogP contribution in [-0.4, -0.2) is 99.0 Å². The third-order valence-electron chi connectivity index (χ3n) is 8.30. The number of anilines is 3. The number of benzene rings is 3. The second-order valence-corrected chi connectivity index (χ2v) is 11.7. The van der Waals surface area contributed by atoms with Gasteiger partial charge in [-0.3, -0.25) is 9.80 Å². The lowest BCUT2D eigenvalue weighted by Crippen LogP contribution is -2.47. The largest absolute Gasteiger partial charge is 0.497 e. The second kappa shape index (κ2) is 18.0. The third-order valence-corrected chi connectivity index (χ3v) is 8.30. The van der Waals surface area contributed by atoms with Crippen LogP contribution in [0.1, 0.15) is 29.3 Å². The molecule has 0 radical (unpaired) electrons. The number of ether oxygens (including phenoxy) is 5. The Hall–Kier alpha value is -5.47. The number of piperazine rings is 1. The van der Waals surface area contributed by atoms with Gasteiger partial charge < -0.3 is 33.9 Å². The standard InChI is InChI=1S/C37H43FN6O7/c1-5-16-42-17-19-43(20-18-42)21-22-50-33-12-10-27(24-30(33)38)40-36-39-15-14-34(41-36)44(25-26-23-28(47-2)11-13-31(26)48-3)37(46)51-32-9-7-6-8-29(32)35(45)49-4/h6-15,23-24H,5,16-22,25H2,1-4H3,(H,39,40,41). The molecule has 1 aliphatic heterocycles. The first-order valence-electron chi connectivity index (χ1n) is 16.7. The van der Waals surface area contributed by atoms with Gasteiger partial charge in [-0.1, -0.05) is 19.1 Å². The highest BCUT2D eigenvalue weighted by molar-refractivity contribution is 5.95. The zero-order valence-electron chi connectivity index (χ0n) is 29.3. The van der Waals surface area contributed by atoms with Crippen molar-refractivity contribution < 1.29 is 37.7 Å². The highest BCUT2D eigenvalue weighted by Gasteiger charge is 2.25. The molecule has 14 heteroatoms. The van der Waals surface area contributed by atoms with Gasteiger partial charge in [0, 0.05) is 56.2 Å². The van der Waals surface area contributed by atoms with E-state index < -0.39 is 17.9 Å². The fourth-order valence-electron chi connectivity index (χ4n) is 5.62. The van der Waals surface area contributed by atoms with Crippen molar-refractivity contribution in [1.29, 1.82) is 0 Å². The number of halogens is 1. The zero-order chi connectivity index (χ0) is 36.2. The number of rotatable bonds is 15. The minimum Gasteiger partial charge on any atom is -0.497 e. The second-order valence-electron chi connectivity index (χ2n) is 11.7. The lowest BCUT2D eigenvalue weighted by atomic mass is 10.1. The van der Waals surface area contributed by atoms with Gasteiger partial charge >= 0.3 is 12.1 Å². The molecule has 1 saturated heterocycles. The molecule has 2 heterocycles. The number of para-hydroxylation sites is 1. The Morgan fingerprint density at radius 2 is 1.63 bits per heavy atom. The topological polar surface area (TPSA) is 128 Å². The molecule has 3 aromatic carbocycles. The van der Waals surface area contributed by atoms with E-state index >= 15 is 4.39 Å². The molecule has 0 saturated carbocycles. The summed E-state index contributed by atoms with van der Waals surface area (Å²) in [5.74, 6) is 0.205. The fraction of sp³-hybridized carbons (Fsp3) is 0.351. The van der Waals surface area contributed by atoms with E-state index in [1.165, 1.54) is 56.7 Å². The van der Waals surface area contributed by atoms with E-state index in [0.717, 1.165) is 45.7 Å². The third kappa shape index (κ3) is 9.83. The quantitative estimate of drug-likeness (QED) is 0.151. The number of amides is 1. The minimum atomic E-state index is -0.851. The SMILES string of the molecule is CCCN1CCN(CCOc2ccc(Nc3nccc(N(Cc4cc(OC)ccc4OC)C(=O)Oc4ccccc4C(=O)OC)n3)cc2F)CC1. The first kappa shape index (κ1) is 36.8. The van der Waals surface area contributed by atoms with Crippen LogP contribution in [0, 0.1) is 5.82 Å². The molecule has 1 amide bonds. The summed E-state index contributed by atoms with van der Waals surface area (Å²) in [6.45, 7) is 8.33. The van der Waals surface area contributed by atoms with Gasteiger partial charge in [-0.15, -0.1) is 0 Å². The Labute approximate surface area is 296 Å². The van der Waals surface area contributed by atoms with E-state index in [4.69, 9.17) is 23.7 Å². The van der Waals surface area contributed by atoms with Crippen molar-refractivity contribution in [3.8, 4) is 23.0 Å². The normalized spacial score (nSPS) is 13.3. The molecule has 5 rings (SSSR count). The molecule has 0 atom stereocenters. The number of methoxy groups -OCH3 is 3. The summed E-state index contributed by atoms with van der Waals surface area (Å²) in [5, 5.41) is 3.00. The predicted molar refractivity (Wildman–Crippen MR) is 190 cm³/mol. The van der Waals surface area contributed by atoms with Crippen LogP contribution in [-0.2, 0) is 11.3 Å². The van der Waals surface area contributed by atoms with Crippen LogP contribution in [0.2, 0.25) is 0 Å². The number of carbonyl (C=O) groups is 2. The highest BCUT2D eigenvalue weighted by atomic mass is 19.1. The Bertz CT molecular complexity index is 1790. The molecule has 1 N–H and O–H groups in total. The van der Waals surface area contributed by atoms with Crippen LogP contribution in [0.3, 0.4) is 0 Å². The molecule has 51 heavy (non-hydrogen) atoms. The van der Waals surface area contributed by atoms with Gasteiger partial charge in [0.2, 0.25) is 5.95 Å². The fourth-order valence-corrected chi connectivity index (χ4v) is 5.62. The van der Waals surface area contributed by atoms with E-state index in [1.807, 2.05) is 0 Å². The number of nitrogens with zero attached hydrogens (tertiary/aromatic N) is 5. The Morgan fingerprint density at radius 1 is 0.882 bits per heavy atom. The smallest absolute Gasteiger partial charge is 0.421 e. The summed E-state index contributed by atoms with van der Waals surface area (Å²) in [4.78, 5) is 41.1. The van der Waals surface area contributed by atoms with E-state index in [2.05, 4.69) is 32.0 Å². The van der Waals surface area contributed by atoms with Crippen molar-refractivity contribution in [1.82, 2.24) is 19.8 Å². The van der Waals surface area contributed by atoms with Crippen LogP contribution in [0.25, 0.3) is 0 Å². The molecule has 270 valence electrons. The monoisotopic (exact) mass is 702 g/mol. The van der Waals surface area contributed by atoms with Gasteiger partial charge in [0.1, 0.15) is 35.2 Å². The molecule has 0 unspecified atom stereocenters. The number of aromatic nitrogens is 2. The summed E-state index contributed by atoms with van der Waals surface area (Å²) in [7, 11) is 4.28. The van der Waals surface area contributed by atoms with Crippen LogP contribution in [0.15, 0.2) is 72.9 Å². The maximum absolute atomic E-state index is 15.1. The van der Waals surface area contributed by atoms with Gasteiger partial charge in [0.25, 0.3) is 0 Å². The van der Waals surface area contributed by atoms with Gasteiger partial charge in [-0.05, 0) is 61.5 Å². The summed E-state index contributed by atoms with van der Waals surface area (Å²) in [5.41, 5.74) is 1.02. The molecule has 1 aromatic heterocycles. The number of hydrogen-bond acceptors (Lipinski definition) is 12. The molecular formula is C37H43FN6O7. The predicted octanol–water partition coefficient (Wildman–Crippen LogP) is 5.78. The molecule has 4 aromatic rings. The van der Waals surface area contributed by atoms with Crippen LogP contribution in [0.5, 0.6) is 23.0 Å². The van der Waals surface area contributed by atoms with Crippen LogP contribution >= 0.6 is 0 Å². The maximum atomic E-state index is 15.1. The van der Waals surface area contributed by atoms with Gasteiger partial charge in [-0.2, -0.15) is 4.98 Å². The maximum Gasteiger partial charge on any atom is 0.421 e. The number of carbonyl (C=O) groups excluding carboxylic acids is 2. The number of esters is 1. The van der Waals surface area contributed by atoms with Crippen molar-refractivity contribution in [2.75, 3.05) is 77.4 Å². The molecule has 0 bridgehead atoms. The molecular weight excluding hydrogens is 659 g/mol. The molecule has 1 aliphatic rings. The average molecular weight is 703 g/mol. The average Bonchev–Trinajstić information content (AvgIpc) is 3.15. The van der Waals surface area contributed by atoms with Gasteiger partial charge in [0.05, 0.1) is 27.9 Å². The highest BCUT2D eigenvalue weighted by Crippen LogP contribution is 2.29. The molecule has 0 spiro atoms. The van der Waals surface area contributed by atoms with E-state index in [1.54, 1.807) is 42.5 Å². The Balaban J connectivity index is 1.32. The van der Waals surface area contributed by atoms with E-state index in [0.29, 0.717) is 29.4 Å². The molecule has 1 fully saturated rings. The van der Waals surface area contributed by atoms with Crippen LogP contribution in [0.4, 0.5) is 26.6 Å². The Kier molecular flexibility index (Phi) is 13.0. The van der Waals surface area contributed by atoms with Gasteiger partial charge in [-0.25, -0.2) is 19.0 Å². The summed E-state index contributed by atoms with van der Waals surface area (Å²) < 4.78 is 42.4. The van der Waals surface area contributed by atoms with Crippen molar-refractivity contribution >= 4 is 29.5 Å². The van der Waals surface area contributed by atoms with Crippen LogP contribution < -0.4 is 29.2 Å². The van der Waals surface area contributed by atoms with E-state index in [-0.39, 0.29) is 35.4 Å². The lowest BCUT2D eigenvalue weighted by molar-refractivity contribution is 0.0598. The number of nitrogens with one attached hydrogen (secondary N) is 1. The summed E-state index contributed by atoms with van der Waals surface area (Å²) >= 11 is 0. The molecule has 13 nitrogen and oxygen atoms in total. The molecule has 0 aliphatic carbocycles. The van der Waals surface area contributed by atoms with Crippen molar-refractivity contribution in [2.24, 2.45) is 0 Å². The van der Waals surface area contributed by atoms with Crippen molar-refractivity contribution in [2.45, 2.75) is 19.9 Å². The van der Waals surface area contributed by atoms with Gasteiger partial charge in [0.15, 0.2) is 11.6 Å². The number of hydrogen-bond donors (Lipinski definition) is 1. The lowest BCUT2D eigenvalue weighted by Gasteiger charge is -2.34. The van der Waals surface area contributed by atoms with Crippen molar-refractivity contribution in [3.63, 3.8) is 0 Å².